The molecule has 0 bridgehead atoms. The molecule has 0 radical (unpaired) electrons. The summed E-state index contributed by atoms with van der Waals surface area (Å²) in [5, 5.41) is 11.3. The number of amides is 1. The van der Waals surface area contributed by atoms with Crippen LogP contribution in [0.1, 0.15) is 33.2 Å². The zero-order valence-electron chi connectivity index (χ0n) is 9.20. The van der Waals surface area contributed by atoms with Gasteiger partial charge in [0.15, 0.2) is 0 Å². The van der Waals surface area contributed by atoms with Crippen LogP contribution in [-0.2, 0) is 0 Å². The van der Waals surface area contributed by atoms with Crippen LogP contribution in [0.5, 0.6) is 0 Å². The fourth-order valence-electron chi connectivity index (χ4n) is 1.32. The van der Waals surface area contributed by atoms with E-state index in [4.69, 9.17) is 5.11 Å². The van der Waals surface area contributed by atoms with Crippen molar-refractivity contribution in [3.8, 4) is 0 Å². The summed E-state index contributed by atoms with van der Waals surface area (Å²) in [6.07, 6.45) is 0. The minimum atomic E-state index is -1.12. The predicted molar refractivity (Wildman–Crippen MR) is 61.5 cm³/mol. The number of carbonyl (C=O) groups excluding carboxylic acids is 1. The van der Waals surface area contributed by atoms with Crippen molar-refractivity contribution in [2.24, 2.45) is 0 Å². The zero-order valence-corrected chi connectivity index (χ0v) is 9.20. The van der Waals surface area contributed by atoms with Gasteiger partial charge in [0.05, 0.1) is 11.1 Å². The number of carboxylic acid groups (broad SMARTS) is 1. The molecule has 0 saturated carbocycles. The van der Waals surface area contributed by atoms with E-state index in [9.17, 15) is 9.59 Å². The Kier molecular flexibility index (Phi) is 3.45. The molecule has 0 saturated heterocycles. The Bertz CT molecular complexity index is 463. The standard InChI is InChI=1S/C12H13NO3/c1-7(2)8-4-5-9(12(15)16)10(6-8)11(14)13-3/h4-6H,1H2,2-3H3,(H,13,14)(H,15,16). The summed E-state index contributed by atoms with van der Waals surface area (Å²) < 4.78 is 0. The molecule has 16 heavy (non-hydrogen) atoms. The molecule has 0 aliphatic heterocycles. The first-order chi connectivity index (χ1) is 7.47. The third-order valence-corrected chi connectivity index (χ3v) is 2.21. The topological polar surface area (TPSA) is 66.4 Å². The molecule has 0 unspecified atom stereocenters. The molecule has 0 atom stereocenters. The third-order valence-electron chi connectivity index (χ3n) is 2.21. The quantitative estimate of drug-likeness (QED) is 0.814. The van der Waals surface area contributed by atoms with Crippen LogP contribution in [0.25, 0.3) is 5.57 Å². The van der Waals surface area contributed by atoms with Crippen LogP contribution in [0, 0.1) is 0 Å². The maximum atomic E-state index is 11.5. The number of allylic oxidation sites excluding steroid dienone is 1. The highest BCUT2D eigenvalue weighted by atomic mass is 16.4. The Morgan fingerprint density at radius 2 is 1.94 bits per heavy atom. The Balaban J connectivity index is 3.38. The molecule has 1 amide bonds. The third kappa shape index (κ3) is 2.28. The minimum Gasteiger partial charge on any atom is -0.478 e. The molecule has 4 nitrogen and oxygen atoms in total. The Labute approximate surface area is 93.6 Å². The zero-order chi connectivity index (χ0) is 12.3. The number of hydrogen-bond donors (Lipinski definition) is 2. The van der Waals surface area contributed by atoms with Crippen molar-refractivity contribution in [3.05, 3.63) is 41.5 Å². The second-order valence-corrected chi connectivity index (χ2v) is 3.42. The summed E-state index contributed by atoms with van der Waals surface area (Å²) in [5.74, 6) is -1.53. The maximum absolute atomic E-state index is 11.5. The van der Waals surface area contributed by atoms with Crippen molar-refractivity contribution < 1.29 is 14.7 Å². The molecular weight excluding hydrogens is 206 g/mol. The van der Waals surface area contributed by atoms with Crippen molar-refractivity contribution in [2.75, 3.05) is 7.05 Å². The summed E-state index contributed by atoms with van der Waals surface area (Å²) in [7, 11) is 1.46. The van der Waals surface area contributed by atoms with Gasteiger partial charge in [-0.1, -0.05) is 18.2 Å². The molecule has 0 aromatic heterocycles. The van der Waals surface area contributed by atoms with E-state index in [1.165, 1.54) is 19.2 Å². The summed E-state index contributed by atoms with van der Waals surface area (Å²) in [6.45, 7) is 5.54. The second kappa shape index (κ2) is 4.61. The van der Waals surface area contributed by atoms with E-state index in [-0.39, 0.29) is 11.1 Å². The Morgan fingerprint density at radius 3 is 2.38 bits per heavy atom. The Morgan fingerprint density at radius 1 is 1.31 bits per heavy atom. The van der Waals surface area contributed by atoms with Gasteiger partial charge in [-0.3, -0.25) is 4.79 Å². The first kappa shape index (κ1) is 12.0. The number of hydrogen-bond acceptors (Lipinski definition) is 2. The molecule has 0 aliphatic carbocycles. The number of benzene rings is 1. The van der Waals surface area contributed by atoms with Crippen LogP contribution >= 0.6 is 0 Å². The lowest BCUT2D eigenvalue weighted by molar-refractivity contribution is 0.0691. The highest BCUT2D eigenvalue weighted by Gasteiger charge is 2.16. The second-order valence-electron chi connectivity index (χ2n) is 3.42. The number of carboxylic acids is 1. The molecule has 0 spiro atoms. The fourth-order valence-corrected chi connectivity index (χ4v) is 1.32. The molecule has 0 fully saturated rings. The lowest BCUT2D eigenvalue weighted by Gasteiger charge is -2.07. The highest BCUT2D eigenvalue weighted by molar-refractivity contribution is 6.05. The van der Waals surface area contributed by atoms with Gasteiger partial charge >= 0.3 is 5.97 Å². The number of carbonyl (C=O) groups is 2. The SMILES string of the molecule is C=C(C)c1ccc(C(=O)O)c(C(=O)NC)c1. The first-order valence-corrected chi connectivity index (χ1v) is 4.72. The molecule has 1 rings (SSSR count). The van der Waals surface area contributed by atoms with Crippen LogP contribution < -0.4 is 5.32 Å². The number of aromatic carboxylic acids is 1. The number of rotatable bonds is 3. The fraction of sp³-hybridized carbons (Fsp3) is 0.167. The van der Waals surface area contributed by atoms with Crippen LogP contribution in [0.3, 0.4) is 0 Å². The van der Waals surface area contributed by atoms with Gasteiger partial charge in [0.1, 0.15) is 0 Å². The summed E-state index contributed by atoms with van der Waals surface area (Å²) in [6, 6.07) is 4.58. The summed E-state index contributed by atoms with van der Waals surface area (Å²) >= 11 is 0. The van der Waals surface area contributed by atoms with Gasteiger partial charge in [-0.2, -0.15) is 0 Å². The molecular formula is C12H13NO3. The molecule has 0 aliphatic rings. The van der Waals surface area contributed by atoms with Crippen molar-refractivity contribution in [3.63, 3.8) is 0 Å². The normalized spacial score (nSPS) is 9.62. The smallest absolute Gasteiger partial charge is 0.336 e. The minimum absolute atomic E-state index is 0.00986. The summed E-state index contributed by atoms with van der Waals surface area (Å²) in [4.78, 5) is 22.4. The lowest BCUT2D eigenvalue weighted by atomic mass is 10.00. The van der Waals surface area contributed by atoms with Gasteiger partial charge < -0.3 is 10.4 Å². The van der Waals surface area contributed by atoms with E-state index in [2.05, 4.69) is 11.9 Å². The molecule has 2 N–H and O–H groups in total. The van der Waals surface area contributed by atoms with E-state index < -0.39 is 11.9 Å². The predicted octanol–water partition coefficient (Wildman–Crippen LogP) is 1.78. The van der Waals surface area contributed by atoms with E-state index >= 15 is 0 Å². The van der Waals surface area contributed by atoms with Gasteiger partial charge in [0.2, 0.25) is 0 Å². The van der Waals surface area contributed by atoms with E-state index in [0.29, 0.717) is 0 Å². The molecule has 84 valence electrons. The average molecular weight is 219 g/mol. The van der Waals surface area contributed by atoms with Gasteiger partial charge in [-0.05, 0) is 24.6 Å². The van der Waals surface area contributed by atoms with Crippen LogP contribution in [0.4, 0.5) is 0 Å². The van der Waals surface area contributed by atoms with Crippen LogP contribution in [0.15, 0.2) is 24.8 Å². The van der Waals surface area contributed by atoms with Crippen molar-refractivity contribution in [1.82, 2.24) is 5.32 Å². The van der Waals surface area contributed by atoms with Crippen molar-refractivity contribution in [1.29, 1.82) is 0 Å². The first-order valence-electron chi connectivity index (χ1n) is 4.72. The van der Waals surface area contributed by atoms with Crippen LogP contribution in [-0.4, -0.2) is 24.0 Å². The molecule has 4 heteroatoms. The van der Waals surface area contributed by atoms with Gasteiger partial charge in [-0.15, -0.1) is 0 Å². The lowest BCUT2D eigenvalue weighted by Crippen LogP contribution is -2.21. The monoisotopic (exact) mass is 219 g/mol. The largest absolute Gasteiger partial charge is 0.478 e. The van der Waals surface area contributed by atoms with Gasteiger partial charge in [0, 0.05) is 7.05 Å². The van der Waals surface area contributed by atoms with E-state index in [0.717, 1.165) is 11.1 Å². The molecule has 1 aromatic rings. The summed E-state index contributed by atoms with van der Waals surface area (Å²) in [5.41, 5.74) is 1.67. The average Bonchev–Trinajstić information content (AvgIpc) is 2.26. The molecule has 0 heterocycles. The van der Waals surface area contributed by atoms with Gasteiger partial charge in [-0.25, -0.2) is 4.79 Å². The van der Waals surface area contributed by atoms with E-state index in [1.807, 2.05) is 0 Å². The highest BCUT2D eigenvalue weighted by Crippen LogP contribution is 2.17. The Hall–Kier alpha value is -2.10. The van der Waals surface area contributed by atoms with E-state index in [1.54, 1.807) is 13.0 Å². The van der Waals surface area contributed by atoms with Crippen molar-refractivity contribution >= 4 is 17.4 Å². The molecule has 1 aromatic carbocycles. The maximum Gasteiger partial charge on any atom is 0.336 e. The van der Waals surface area contributed by atoms with Crippen LogP contribution in [0.2, 0.25) is 0 Å². The van der Waals surface area contributed by atoms with Gasteiger partial charge in [0.25, 0.3) is 5.91 Å². The van der Waals surface area contributed by atoms with Crippen molar-refractivity contribution in [2.45, 2.75) is 6.92 Å². The number of nitrogens with one attached hydrogen (secondary N) is 1.